The number of carbonyl (C=O) groups excluding carboxylic acids is 2. The van der Waals surface area contributed by atoms with Crippen molar-refractivity contribution >= 4 is 40.6 Å². The third-order valence-corrected chi connectivity index (χ3v) is 7.28. The maximum absolute atomic E-state index is 13.4. The molecule has 4 aromatic carbocycles. The number of aromatic amines is 1. The summed E-state index contributed by atoms with van der Waals surface area (Å²) in [5, 5.41) is 14.9. The summed E-state index contributed by atoms with van der Waals surface area (Å²) in [6.07, 6.45) is 1.44. The third kappa shape index (κ3) is 7.21. The number of hydrogen-bond donors (Lipinski definition) is 2. The van der Waals surface area contributed by atoms with Crippen molar-refractivity contribution in [3.8, 4) is 40.2 Å². The van der Waals surface area contributed by atoms with Gasteiger partial charge in [0.1, 0.15) is 11.8 Å². The zero-order valence-corrected chi connectivity index (χ0v) is 26.7. The standard InChI is InChI=1S/C36H31ClN4O6/c1-4-44-28-17-15-23(19-31(28)46-6-3)36(43)47-29-16-14-22(18-30(29)45-5-2)21-39-41-35(42)34-32(25-11-7-8-13-27(25)37)26-12-9-10-24(20-38)33(26)40-34/h7-19,21,40H,4-6H2,1-3H3,(H,41,42). The van der Waals surface area contributed by atoms with E-state index in [1.54, 1.807) is 60.7 Å². The van der Waals surface area contributed by atoms with E-state index in [2.05, 4.69) is 21.6 Å². The highest BCUT2D eigenvalue weighted by molar-refractivity contribution is 6.34. The number of esters is 1. The van der Waals surface area contributed by atoms with Crippen LogP contribution in [0.1, 0.15) is 52.7 Å². The van der Waals surface area contributed by atoms with Gasteiger partial charge in [-0.05, 0) is 74.9 Å². The number of halogens is 1. The van der Waals surface area contributed by atoms with Gasteiger partial charge < -0.3 is 23.9 Å². The molecule has 1 heterocycles. The van der Waals surface area contributed by atoms with Crippen LogP contribution in [0.3, 0.4) is 0 Å². The van der Waals surface area contributed by atoms with Crippen LogP contribution >= 0.6 is 11.6 Å². The highest BCUT2D eigenvalue weighted by Crippen LogP contribution is 2.38. The van der Waals surface area contributed by atoms with Gasteiger partial charge in [0.25, 0.3) is 5.91 Å². The van der Waals surface area contributed by atoms with Crippen LogP contribution in [0, 0.1) is 11.3 Å². The Morgan fingerprint density at radius 1 is 0.872 bits per heavy atom. The molecule has 0 aliphatic carbocycles. The number of carbonyl (C=O) groups is 2. The van der Waals surface area contributed by atoms with E-state index in [1.807, 2.05) is 39.0 Å². The number of nitrogens with zero attached hydrogens (tertiary/aromatic N) is 2. The van der Waals surface area contributed by atoms with Crippen LogP contribution < -0.4 is 24.4 Å². The molecule has 5 aromatic rings. The predicted octanol–water partition coefficient (Wildman–Crippen LogP) is 7.54. The largest absolute Gasteiger partial charge is 0.490 e. The van der Waals surface area contributed by atoms with Crippen molar-refractivity contribution in [1.82, 2.24) is 10.4 Å². The molecule has 0 aliphatic rings. The maximum Gasteiger partial charge on any atom is 0.343 e. The van der Waals surface area contributed by atoms with E-state index in [0.717, 1.165) is 0 Å². The van der Waals surface area contributed by atoms with Crippen molar-refractivity contribution in [3.05, 3.63) is 106 Å². The fourth-order valence-electron chi connectivity index (χ4n) is 4.94. The summed E-state index contributed by atoms with van der Waals surface area (Å²) in [7, 11) is 0. The quantitative estimate of drug-likeness (QED) is 0.0616. The SMILES string of the molecule is CCOc1ccc(C(=O)Oc2ccc(C=NNC(=O)c3[nH]c4c(C#N)cccc4c3-c3ccccc3Cl)cc2OCC)cc1OCC. The van der Waals surface area contributed by atoms with Crippen molar-refractivity contribution in [2.75, 3.05) is 19.8 Å². The Kier molecular flexibility index (Phi) is 10.4. The molecule has 238 valence electrons. The van der Waals surface area contributed by atoms with E-state index in [9.17, 15) is 14.9 Å². The van der Waals surface area contributed by atoms with Gasteiger partial charge in [0.05, 0.1) is 42.7 Å². The molecule has 0 saturated heterocycles. The van der Waals surface area contributed by atoms with Gasteiger partial charge in [-0.1, -0.05) is 41.9 Å². The fourth-order valence-corrected chi connectivity index (χ4v) is 5.17. The molecule has 1 aromatic heterocycles. The highest BCUT2D eigenvalue weighted by Gasteiger charge is 2.22. The first-order valence-electron chi connectivity index (χ1n) is 14.9. The molecule has 11 heteroatoms. The summed E-state index contributed by atoms with van der Waals surface area (Å²) in [6.45, 7) is 6.69. The van der Waals surface area contributed by atoms with Crippen molar-refractivity contribution in [3.63, 3.8) is 0 Å². The van der Waals surface area contributed by atoms with Gasteiger partial charge in [0, 0.05) is 21.5 Å². The van der Waals surface area contributed by atoms with Crippen molar-refractivity contribution in [1.29, 1.82) is 5.26 Å². The molecule has 0 atom stereocenters. The molecule has 0 unspecified atom stereocenters. The van der Waals surface area contributed by atoms with Crippen molar-refractivity contribution < 1.29 is 28.5 Å². The fraction of sp³-hybridized carbons (Fsp3) is 0.167. The first kappa shape index (κ1) is 32.6. The predicted molar refractivity (Wildman–Crippen MR) is 180 cm³/mol. The van der Waals surface area contributed by atoms with Gasteiger partial charge in [-0.15, -0.1) is 0 Å². The lowest BCUT2D eigenvalue weighted by molar-refractivity contribution is 0.0727. The lowest BCUT2D eigenvalue weighted by atomic mass is 10.0. The van der Waals surface area contributed by atoms with E-state index in [0.29, 0.717) is 75.2 Å². The summed E-state index contributed by atoms with van der Waals surface area (Å²) in [5.41, 5.74) is 5.70. The molecule has 0 saturated carbocycles. The van der Waals surface area contributed by atoms with E-state index in [1.165, 1.54) is 6.21 Å². The van der Waals surface area contributed by atoms with Gasteiger partial charge in [-0.2, -0.15) is 10.4 Å². The molecule has 0 aliphatic heterocycles. The summed E-state index contributed by atoms with van der Waals surface area (Å²) in [6, 6.07) is 24.3. The number of aromatic nitrogens is 1. The summed E-state index contributed by atoms with van der Waals surface area (Å²) < 4.78 is 22.6. The molecule has 0 fully saturated rings. The van der Waals surface area contributed by atoms with Crippen LogP contribution in [0.5, 0.6) is 23.0 Å². The smallest absolute Gasteiger partial charge is 0.343 e. The summed E-state index contributed by atoms with van der Waals surface area (Å²) in [5.74, 6) is 0.366. The highest BCUT2D eigenvalue weighted by atomic mass is 35.5. The minimum absolute atomic E-state index is 0.201. The Labute approximate surface area is 276 Å². The average molecular weight is 651 g/mol. The number of rotatable bonds is 12. The lowest BCUT2D eigenvalue weighted by Gasteiger charge is -2.13. The Balaban J connectivity index is 1.37. The van der Waals surface area contributed by atoms with E-state index >= 15 is 0 Å². The summed E-state index contributed by atoms with van der Waals surface area (Å²) >= 11 is 6.51. The maximum atomic E-state index is 13.4. The van der Waals surface area contributed by atoms with Gasteiger partial charge >= 0.3 is 5.97 Å². The van der Waals surface area contributed by atoms with Gasteiger partial charge in [0.2, 0.25) is 0 Å². The first-order valence-corrected chi connectivity index (χ1v) is 15.3. The molecular formula is C36H31ClN4O6. The minimum Gasteiger partial charge on any atom is -0.490 e. The monoisotopic (exact) mass is 650 g/mol. The third-order valence-electron chi connectivity index (χ3n) is 6.95. The average Bonchev–Trinajstić information content (AvgIpc) is 3.47. The topological polar surface area (TPSA) is 135 Å². The van der Waals surface area contributed by atoms with Gasteiger partial charge in [-0.25, -0.2) is 10.2 Å². The number of H-pyrrole nitrogens is 1. The Morgan fingerprint density at radius 2 is 1.57 bits per heavy atom. The number of hydrazone groups is 1. The van der Waals surface area contributed by atoms with Crippen LogP contribution in [-0.4, -0.2) is 42.9 Å². The van der Waals surface area contributed by atoms with Crippen LogP contribution in [0.2, 0.25) is 5.02 Å². The lowest BCUT2D eigenvalue weighted by Crippen LogP contribution is -2.19. The number of benzene rings is 4. The molecule has 0 bridgehead atoms. The second-order valence-corrected chi connectivity index (χ2v) is 10.4. The van der Waals surface area contributed by atoms with Crippen LogP contribution in [0.25, 0.3) is 22.0 Å². The first-order chi connectivity index (χ1) is 22.9. The van der Waals surface area contributed by atoms with E-state index in [4.69, 9.17) is 30.5 Å². The van der Waals surface area contributed by atoms with E-state index < -0.39 is 11.9 Å². The van der Waals surface area contributed by atoms with Crippen molar-refractivity contribution in [2.24, 2.45) is 5.10 Å². The number of nitrogens with one attached hydrogen (secondary N) is 2. The second-order valence-electron chi connectivity index (χ2n) is 9.95. The summed E-state index contributed by atoms with van der Waals surface area (Å²) in [4.78, 5) is 29.6. The number of ether oxygens (including phenoxy) is 4. The normalized spacial score (nSPS) is 10.9. The number of amides is 1. The minimum atomic E-state index is -0.601. The molecule has 2 N–H and O–H groups in total. The number of hydrogen-bond acceptors (Lipinski definition) is 8. The second kappa shape index (κ2) is 15.0. The molecule has 5 rings (SSSR count). The molecule has 0 radical (unpaired) electrons. The molecular weight excluding hydrogens is 620 g/mol. The van der Waals surface area contributed by atoms with Crippen LogP contribution in [0.15, 0.2) is 84.0 Å². The van der Waals surface area contributed by atoms with Crippen molar-refractivity contribution in [2.45, 2.75) is 20.8 Å². The van der Waals surface area contributed by atoms with Crippen LogP contribution in [0.4, 0.5) is 0 Å². The Bertz CT molecular complexity index is 2010. The molecule has 47 heavy (non-hydrogen) atoms. The van der Waals surface area contributed by atoms with Crippen LogP contribution in [-0.2, 0) is 0 Å². The molecule has 10 nitrogen and oxygen atoms in total. The Hall–Kier alpha value is -5.79. The zero-order valence-electron chi connectivity index (χ0n) is 25.9. The number of fused-ring (bicyclic) bond motifs is 1. The number of para-hydroxylation sites is 1. The Morgan fingerprint density at radius 3 is 2.30 bits per heavy atom. The van der Waals surface area contributed by atoms with Gasteiger partial charge in [-0.3, -0.25) is 4.79 Å². The molecule has 0 spiro atoms. The van der Waals surface area contributed by atoms with Gasteiger partial charge in [0.15, 0.2) is 23.0 Å². The number of nitriles is 1. The zero-order chi connectivity index (χ0) is 33.3. The van der Waals surface area contributed by atoms with E-state index in [-0.39, 0.29) is 17.0 Å². The molecule has 1 amide bonds.